The number of fused-ring (bicyclic) bond motifs is 1. The molecule has 1 amide bonds. The summed E-state index contributed by atoms with van der Waals surface area (Å²) in [6, 6.07) is 0. The predicted octanol–water partition coefficient (Wildman–Crippen LogP) is 3.00. The van der Waals surface area contributed by atoms with E-state index in [1.807, 2.05) is 0 Å². The van der Waals surface area contributed by atoms with Crippen LogP contribution in [0.1, 0.15) is 39.5 Å². The molecule has 1 saturated heterocycles. The van der Waals surface area contributed by atoms with Crippen LogP contribution < -0.4 is 5.32 Å². The van der Waals surface area contributed by atoms with Crippen LogP contribution in [0, 0.1) is 5.92 Å². The Morgan fingerprint density at radius 1 is 1.43 bits per heavy atom. The standard InChI is InChI=1S/C18H27NO4/c1-12(2)8-6-4-5-7-9-15(20)19-11-13-10-14(22-3)16(21)18-17(13)23-18/h6,8,10,12,17-18,21H,4-5,7,9,11H2,1-3H3,(H,19,20). The number of epoxide rings is 1. The molecule has 1 heterocycles. The van der Waals surface area contributed by atoms with E-state index in [1.54, 1.807) is 6.08 Å². The average Bonchev–Trinajstić information content (AvgIpc) is 3.31. The van der Waals surface area contributed by atoms with Gasteiger partial charge in [0.25, 0.3) is 0 Å². The van der Waals surface area contributed by atoms with Crippen molar-refractivity contribution in [1.82, 2.24) is 5.32 Å². The Kier molecular flexibility index (Phi) is 6.28. The molecule has 2 unspecified atom stereocenters. The van der Waals surface area contributed by atoms with Crippen LogP contribution in [0.4, 0.5) is 0 Å². The summed E-state index contributed by atoms with van der Waals surface area (Å²) in [7, 11) is 1.51. The number of aliphatic hydroxyl groups excluding tert-OH is 1. The smallest absolute Gasteiger partial charge is 0.220 e. The molecule has 128 valence electrons. The second kappa shape index (κ2) is 8.20. The molecule has 23 heavy (non-hydrogen) atoms. The van der Waals surface area contributed by atoms with Gasteiger partial charge in [-0.05, 0) is 36.8 Å². The summed E-state index contributed by atoms with van der Waals surface area (Å²) in [4.78, 5) is 11.9. The van der Waals surface area contributed by atoms with Crippen LogP contribution in [-0.4, -0.2) is 36.9 Å². The molecule has 0 bridgehead atoms. The zero-order chi connectivity index (χ0) is 16.8. The molecular weight excluding hydrogens is 294 g/mol. The van der Waals surface area contributed by atoms with E-state index in [9.17, 15) is 9.90 Å². The number of amides is 1. The van der Waals surface area contributed by atoms with Crippen molar-refractivity contribution in [3.05, 3.63) is 35.3 Å². The SMILES string of the molecule is COC1=C(O)C2OC2C(CNC(=O)CCCCC=CC(C)C)=C1. The highest BCUT2D eigenvalue weighted by molar-refractivity contribution is 5.76. The zero-order valence-electron chi connectivity index (χ0n) is 14.2. The van der Waals surface area contributed by atoms with Gasteiger partial charge in [0.2, 0.25) is 5.91 Å². The zero-order valence-corrected chi connectivity index (χ0v) is 14.2. The van der Waals surface area contributed by atoms with Crippen molar-refractivity contribution in [2.24, 2.45) is 5.92 Å². The van der Waals surface area contributed by atoms with Gasteiger partial charge in [-0.1, -0.05) is 26.0 Å². The van der Waals surface area contributed by atoms with Crippen molar-refractivity contribution >= 4 is 5.91 Å². The molecule has 5 heteroatoms. The van der Waals surface area contributed by atoms with Gasteiger partial charge in [-0.25, -0.2) is 0 Å². The molecule has 0 aromatic heterocycles. The first-order chi connectivity index (χ1) is 11.0. The van der Waals surface area contributed by atoms with Crippen LogP contribution in [0.25, 0.3) is 0 Å². The van der Waals surface area contributed by atoms with E-state index in [2.05, 4.69) is 31.3 Å². The molecule has 1 aliphatic heterocycles. The fourth-order valence-corrected chi connectivity index (χ4v) is 2.59. The van der Waals surface area contributed by atoms with E-state index >= 15 is 0 Å². The van der Waals surface area contributed by atoms with E-state index in [-0.39, 0.29) is 23.9 Å². The Hall–Kier alpha value is -1.75. The van der Waals surface area contributed by atoms with Crippen molar-refractivity contribution < 1.29 is 19.4 Å². The first-order valence-corrected chi connectivity index (χ1v) is 8.29. The van der Waals surface area contributed by atoms with E-state index in [0.29, 0.717) is 24.6 Å². The number of allylic oxidation sites excluding steroid dienone is 3. The fraction of sp³-hybridized carbons (Fsp3) is 0.611. The van der Waals surface area contributed by atoms with E-state index in [0.717, 1.165) is 24.8 Å². The Morgan fingerprint density at radius 3 is 2.91 bits per heavy atom. The van der Waals surface area contributed by atoms with Gasteiger partial charge in [0.1, 0.15) is 12.2 Å². The Balaban J connectivity index is 1.65. The molecule has 0 radical (unpaired) electrons. The number of hydrogen-bond donors (Lipinski definition) is 2. The maximum atomic E-state index is 11.9. The van der Waals surface area contributed by atoms with Gasteiger partial charge < -0.3 is 19.9 Å². The second-order valence-electron chi connectivity index (χ2n) is 6.34. The summed E-state index contributed by atoms with van der Waals surface area (Å²) < 4.78 is 10.5. The second-order valence-corrected chi connectivity index (χ2v) is 6.34. The molecular formula is C18H27NO4. The van der Waals surface area contributed by atoms with Crippen molar-refractivity contribution in [3.63, 3.8) is 0 Å². The van der Waals surface area contributed by atoms with Gasteiger partial charge in [0.15, 0.2) is 11.5 Å². The molecule has 1 fully saturated rings. The van der Waals surface area contributed by atoms with E-state index < -0.39 is 0 Å². The quantitative estimate of drug-likeness (QED) is 0.389. The molecule has 0 saturated carbocycles. The number of unbranched alkanes of at least 4 members (excludes halogenated alkanes) is 2. The molecule has 1 aliphatic carbocycles. The van der Waals surface area contributed by atoms with Gasteiger partial charge in [-0.15, -0.1) is 0 Å². The Labute approximate surface area is 138 Å². The summed E-state index contributed by atoms with van der Waals surface area (Å²) >= 11 is 0. The largest absolute Gasteiger partial charge is 0.506 e. The third-order valence-corrected chi connectivity index (χ3v) is 3.95. The van der Waals surface area contributed by atoms with Crippen molar-refractivity contribution in [2.45, 2.75) is 51.7 Å². The summed E-state index contributed by atoms with van der Waals surface area (Å²) in [5.41, 5.74) is 0.942. The van der Waals surface area contributed by atoms with Gasteiger partial charge in [0.05, 0.1) is 7.11 Å². The molecule has 2 N–H and O–H groups in total. The summed E-state index contributed by atoms with van der Waals surface area (Å²) in [5, 5.41) is 12.7. The number of nitrogens with one attached hydrogen (secondary N) is 1. The van der Waals surface area contributed by atoms with Crippen LogP contribution >= 0.6 is 0 Å². The predicted molar refractivity (Wildman–Crippen MR) is 88.9 cm³/mol. The lowest BCUT2D eigenvalue weighted by Gasteiger charge is -2.13. The molecule has 5 nitrogen and oxygen atoms in total. The highest BCUT2D eigenvalue weighted by atomic mass is 16.6. The minimum absolute atomic E-state index is 0.0497. The first kappa shape index (κ1) is 17.6. The lowest BCUT2D eigenvalue weighted by atomic mass is 10.0. The highest BCUT2D eigenvalue weighted by Gasteiger charge is 2.48. The molecule has 0 spiro atoms. The number of ether oxygens (including phenoxy) is 2. The fourth-order valence-electron chi connectivity index (χ4n) is 2.59. The summed E-state index contributed by atoms with van der Waals surface area (Å²) in [6.07, 6.45) is 9.19. The third-order valence-electron chi connectivity index (χ3n) is 3.95. The third kappa shape index (κ3) is 5.13. The maximum Gasteiger partial charge on any atom is 0.220 e. The number of rotatable bonds is 9. The summed E-state index contributed by atoms with van der Waals surface area (Å²) in [5.74, 6) is 1.20. The number of carbonyl (C=O) groups excluding carboxylic acids is 1. The number of methoxy groups -OCH3 is 1. The maximum absolute atomic E-state index is 11.9. The number of hydrogen-bond acceptors (Lipinski definition) is 4. The van der Waals surface area contributed by atoms with Gasteiger partial charge in [-0.3, -0.25) is 4.79 Å². The molecule has 0 aromatic carbocycles. The Bertz CT molecular complexity index is 519. The normalized spacial score (nSPS) is 23.0. The molecule has 2 aliphatic rings. The van der Waals surface area contributed by atoms with Crippen LogP contribution in [-0.2, 0) is 14.3 Å². The van der Waals surface area contributed by atoms with Crippen LogP contribution in [0.3, 0.4) is 0 Å². The molecule has 2 atom stereocenters. The summed E-state index contributed by atoms with van der Waals surface area (Å²) in [6.45, 7) is 4.75. The highest BCUT2D eigenvalue weighted by Crippen LogP contribution is 2.39. The first-order valence-electron chi connectivity index (χ1n) is 8.29. The van der Waals surface area contributed by atoms with Crippen molar-refractivity contribution in [1.29, 1.82) is 0 Å². The lowest BCUT2D eigenvalue weighted by molar-refractivity contribution is -0.121. The van der Waals surface area contributed by atoms with Crippen molar-refractivity contribution in [3.8, 4) is 0 Å². The van der Waals surface area contributed by atoms with Crippen LogP contribution in [0.5, 0.6) is 0 Å². The van der Waals surface area contributed by atoms with Gasteiger partial charge in [0, 0.05) is 13.0 Å². The average molecular weight is 321 g/mol. The van der Waals surface area contributed by atoms with E-state index in [4.69, 9.17) is 9.47 Å². The number of aliphatic hydroxyl groups is 1. The monoisotopic (exact) mass is 321 g/mol. The number of carbonyl (C=O) groups is 1. The van der Waals surface area contributed by atoms with Crippen molar-refractivity contribution in [2.75, 3.05) is 13.7 Å². The topological polar surface area (TPSA) is 71.1 Å². The lowest BCUT2D eigenvalue weighted by Crippen LogP contribution is -2.28. The van der Waals surface area contributed by atoms with Crippen LogP contribution in [0.2, 0.25) is 0 Å². The van der Waals surface area contributed by atoms with Gasteiger partial charge >= 0.3 is 0 Å². The Morgan fingerprint density at radius 2 is 2.22 bits per heavy atom. The molecule has 2 rings (SSSR count). The van der Waals surface area contributed by atoms with Gasteiger partial charge in [-0.2, -0.15) is 0 Å². The van der Waals surface area contributed by atoms with E-state index in [1.165, 1.54) is 7.11 Å². The minimum atomic E-state index is -0.297. The minimum Gasteiger partial charge on any atom is -0.506 e. The molecule has 0 aromatic rings. The van der Waals surface area contributed by atoms with Crippen LogP contribution in [0.15, 0.2) is 35.3 Å².